The van der Waals surface area contributed by atoms with Crippen molar-refractivity contribution in [3.8, 4) is 0 Å². The molecule has 2 aromatic carbocycles. The van der Waals surface area contributed by atoms with Gasteiger partial charge in [-0.05, 0) is 55.0 Å². The standard InChI is InChI=1S/C22H28N4O4/c1-3-12-23-21(28)17-6-10-19(11-7-17)26-20(27)15-25-18-8-4-16(5-9-18)22(29)24-13-14-30-2/h4-11,25H,3,12-15H2,1-2H3,(H,23,28)(H,24,29)(H,26,27). The van der Waals surface area contributed by atoms with Crippen molar-refractivity contribution in [2.24, 2.45) is 0 Å². The molecule has 0 saturated heterocycles. The third-order valence-corrected chi connectivity index (χ3v) is 4.16. The topological polar surface area (TPSA) is 109 Å². The molecule has 0 saturated carbocycles. The fourth-order valence-electron chi connectivity index (χ4n) is 2.54. The largest absolute Gasteiger partial charge is 0.383 e. The molecule has 4 N–H and O–H groups in total. The molecule has 0 atom stereocenters. The van der Waals surface area contributed by atoms with Gasteiger partial charge in [-0.15, -0.1) is 0 Å². The molecule has 30 heavy (non-hydrogen) atoms. The van der Waals surface area contributed by atoms with E-state index in [9.17, 15) is 14.4 Å². The second-order valence-corrected chi connectivity index (χ2v) is 6.56. The minimum Gasteiger partial charge on any atom is -0.383 e. The Bertz CT molecular complexity index is 835. The fourth-order valence-corrected chi connectivity index (χ4v) is 2.54. The Balaban J connectivity index is 1.79. The summed E-state index contributed by atoms with van der Waals surface area (Å²) in [5.41, 5.74) is 2.41. The predicted octanol–water partition coefficient (Wildman–Crippen LogP) is 2.25. The second-order valence-electron chi connectivity index (χ2n) is 6.56. The Kier molecular flexibility index (Phi) is 9.33. The van der Waals surface area contributed by atoms with Gasteiger partial charge in [0.15, 0.2) is 0 Å². The number of carbonyl (C=O) groups excluding carboxylic acids is 3. The number of nitrogens with one attached hydrogen (secondary N) is 4. The third kappa shape index (κ3) is 7.56. The Morgan fingerprint density at radius 1 is 0.800 bits per heavy atom. The van der Waals surface area contributed by atoms with Gasteiger partial charge < -0.3 is 26.0 Å². The average molecular weight is 412 g/mol. The summed E-state index contributed by atoms with van der Waals surface area (Å²) in [7, 11) is 1.57. The highest BCUT2D eigenvalue weighted by Crippen LogP contribution is 2.11. The number of hydrogen-bond donors (Lipinski definition) is 4. The van der Waals surface area contributed by atoms with E-state index in [-0.39, 0.29) is 24.3 Å². The van der Waals surface area contributed by atoms with Gasteiger partial charge in [-0.25, -0.2) is 0 Å². The Labute approximate surface area is 176 Å². The molecular weight excluding hydrogens is 384 g/mol. The number of amides is 3. The minimum absolute atomic E-state index is 0.0676. The van der Waals surface area contributed by atoms with Gasteiger partial charge in [0.1, 0.15) is 0 Å². The van der Waals surface area contributed by atoms with E-state index in [1.54, 1.807) is 55.6 Å². The minimum atomic E-state index is -0.223. The van der Waals surface area contributed by atoms with Crippen molar-refractivity contribution in [2.75, 3.05) is 44.0 Å². The first-order chi connectivity index (χ1) is 14.5. The van der Waals surface area contributed by atoms with Crippen molar-refractivity contribution < 1.29 is 19.1 Å². The van der Waals surface area contributed by atoms with Crippen LogP contribution in [0.4, 0.5) is 11.4 Å². The average Bonchev–Trinajstić information content (AvgIpc) is 2.77. The van der Waals surface area contributed by atoms with Crippen LogP contribution >= 0.6 is 0 Å². The summed E-state index contributed by atoms with van der Waals surface area (Å²) in [6.07, 6.45) is 0.872. The van der Waals surface area contributed by atoms with Crippen molar-refractivity contribution >= 4 is 29.1 Å². The molecule has 160 valence electrons. The summed E-state index contributed by atoms with van der Waals surface area (Å²) in [5, 5.41) is 11.3. The zero-order chi connectivity index (χ0) is 21.8. The summed E-state index contributed by atoms with van der Waals surface area (Å²) < 4.78 is 4.89. The molecule has 3 amide bonds. The summed E-state index contributed by atoms with van der Waals surface area (Å²) in [6.45, 7) is 3.58. The van der Waals surface area contributed by atoms with Crippen molar-refractivity contribution in [1.29, 1.82) is 0 Å². The van der Waals surface area contributed by atoms with E-state index in [2.05, 4.69) is 21.3 Å². The van der Waals surface area contributed by atoms with E-state index in [0.717, 1.165) is 12.1 Å². The number of ether oxygens (including phenoxy) is 1. The van der Waals surface area contributed by atoms with Crippen molar-refractivity contribution in [3.05, 3.63) is 59.7 Å². The zero-order valence-electron chi connectivity index (χ0n) is 17.3. The summed E-state index contributed by atoms with van der Waals surface area (Å²) >= 11 is 0. The number of carbonyl (C=O) groups is 3. The molecule has 2 rings (SSSR count). The Hall–Kier alpha value is -3.39. The number of benzene rings is 2. The first-order valence-electron chi connectivity index (χ1n) is 9.82. The molecule has 0 aliphatic rings. The van der Waals surface area contributed by atoms with Crippen molar-refractivity contribution in [3.63, 3.8) is 0 Å². The van der Waals surface area contributed by atoms with Crippen LogP contribution in [0, 0.1) is 0 Å². The van der Waals surface area contributed by atoms with Gasteiger partial charge in [-0.3, -0.25) is 14.4 Å². The van der Waals surface area contributed by atoms with E-state index in [4.69, 9.17) is 4.74 Å². The number of hydrogen-bond acceptors (Lipinski definition) is 5. The maximum Gasteiger partial charge on any atom is 0.251 e. The van der Waals surface area contributed by atoms with Crippen molar-refractivity contribution in [1.82, 2.24) is 10.6 Å². The molecule has 0 radical (unpaired) electrons. The quantitative estimate of drug-likeness (QED) is 0.424. The lowest BCUT2D eigenvalue weighted by Gasteiger charge is -2.10. The molecule has 0 aliphatic carbocycles. The summed E-state index contributed by atoms with van der Waals surface area (Å²) in [6, 6.07) is 13.6. The molecule has 8 heteroatoms. The van der Waals surface area contributed by atoms with Gasteiger partial charge in [0.2, 0.25) is 5.91 Å². The maximum absolute atomic E-state index is 12.1. The Morgan fingerprint density at radius 3 is 1.87 bits per heavy atom. The van der Waals surface area contributed by atoms with Crippen LogP contribution in [0.25, 0.3) is 0 Å². The number of rotatable bonds is 11. The van der Waals surface area contributed by atoms with Gasteiger partial charge >= 0.3 is 0 Å². The van der Waals surface area contributed by atoms with Crippen LogP contribution in [0.5, 0.6) is 0 Å². The van der Waals surface area contributed by atoms with Crippen LogP contribution < -0.4 is 21.3 Å². The molecule has 0 aliphatic heterocycles. The van der Waals surface area contributed by atoms with E-state index in [1.165, 1.54) is 0 Å². The predicted molar refractivity (Wildman–Crippen MR) is 117 cm³/mol. The van der Waals surface area contributed by atoms with Gasteiger partial charge in [0, 0.05) is 42.7 Å². The summed E-state index contributed by atoms with van der Waals surface area (Å²) in [4.78, 5) is 36.0. The monoisotopic (exact) mass is 412 g/mol. The molecule has 0 aromatic heterocycles. The maximum atomic E-state index is 12.1. The molecule has 0 heterocycles. The van der Waals surface area contributed by atoms with Gasteiger partial charge in [-0.2, -0.15) is 0 Å². The second kappa shape index (κ2) is 12.2. The molecular formula is C22H28N4O4. The molecule has 2 aromatic rings. The lowest BCUT2D eigenvalue weighted by atomic mass is 10.2. The Morgan fingerprint density at radius 2 is 1.33 bits per heavy atom. The zero-order valence-corrected chi connectivity index (χ0v) is 17.3. The normalized spacial score (nSPS) is 10.2. The molecule has 0 spiro atoms. The smallest absolute Gasteiger partial charge is 0.251 e. The van der Waals surface area contributed by atoms with Crippen LogP contribution in [-0.4, -0.2) is 51.1 Å². The number of methoxy groups -OCH3 is 1. The van der Waals surface area contributed by atoms with Crippen molar-refractivity contribution in [2.45, 2.75) is 13.3 Å². The fraction of sp³-hybridized carbons (Fsp3) is 0.318. The highest BCUT2D eigenvalue weighted by atomic mass is 16.5. The molecule has 0 bridgehead atoms. The van der Waals surface area contributed by atoms with Crippen LogP contribution in [0.15, 0.2) is 48.5 Å². The van der Waals surface area contributed by atoms with E-state index < -0.39 is 0 Å². The van der Waals surface area contributed by atoms with E-state index in [0.29, 0.717) is 36.5 Å². The highest BCUT2D eigenvalue weighted by molar-refractivity contribution is 5.97. The molecule has 0 unspecified atom stereocenters. The van der Waals surface area contributed by atoms with Crippen LogP contribution in [-0.2, 0) is 9.53 Å². The van der Waals surface area contributed by atoms with Crippen LogP contribution in [0.1, 0.15) is 34.1 Å². The lowest BCUT2D eigenvalue weighted by molar-refractivity contribution is -0.114. The lowest BCUT2D eigenvalue weighted by Crippen LogP contribution is -2.26. The number of anilines is 2. The first kappa shape index (κ1) is 22.9. The highest BCUT2D eigenvalue weighted by Gasteiger charge is 2.07. The van der Waals surface area contributed by atoms with E-state index in [1.807, 2.05) is 6.92 Å². The van der Waals surface area contributed by atoms with Gasteiger partial charge in [-0.1, -0.05) is 6.92 Å². The molecule has 8 nitrogen and oxygen atoms in total. The van der Waals surface area contributed by atoms with Gasteiger partial charge in [0.25, 0.3) is 11.8 Å². The van der Waals surface area contributed by atoms with Gasteiger partial charge in [0.05, 0.1) is 13.2 Å². The van der Waals surface area contributed by atoms with Crippen LogP contribution in [0.2, 0.25) is 0 Å². The third-order valence-electron chi connectivity index (χ3n) is 4.16. The summed E-state index contributed by atoms with van der Waals surface area (Å²) in [5.74, 6) is -0.532. The first-order valence-corrected chi connectivity index (χ1v) is 9.82. The van der Waals surface area contributed by atoms with Crippen LogP contribution in [0.3, 0.4) is 0 Å². The SMILES string of the molecule is CCCNC(=O)c1ccc(NC(=O)CNc2ccc(C(=O)NCCOC)cc2)cc1. The molecule has 0 fully saturated rings. The van der Waals surface area contributed by atoms with E-state index >= 15 is 0 Å².